The van der Waals surface area contributed by atoms with Gasteiger partial charge in [0.2, 0.25) is 0 Å². The Morgan fingerprint density at radius 2 is 1.21 bits per heavy atom. The fourth-order valence-electron chi connectivity index (χ4n) is 9.56. The van der Waals surface area contributed by atoms with Crippen LogP contribution in [0.25, 0.3) is 11.6 Å². The third kappa shape index (κ3) is 3.16. The van der Waals surface area contributed by atoms with Gasteiger partial charge in [0.05, 0.1) is 27.8 Å². The second kappa shape index (κ2) is 9.62. The van der Waals surface area contributed by atoms with E-state index in [1.807, 2.05) is 0 Å². The van der Waals surface area contributed by atoms with Crippen molar-refractivity contribution in [2.24, 2.45) is 9.98 Å². The largest absolute Gasteiger partial charge is 0.441 e. The average molecular weight is 678 g/mol. The van der Waals surface area contributed by atoms with Crippen molar-refractivity contribution in [2.45, 2.75) is 61.3 Å². The molecule has 0 N–H and O–H groups in total. The van der Waals surface area contributed by atoms with Crippen LogP contribution >= 0.6 is 0 Å². The van der Waals surface area contributed by atoms with E-state index in [1.54, 1.807) is 0 Å². The molecule has 3 aromatic carbocycles. The maximum atomic E-state index is 5.54. The summed E-state index contributed by atoms with van der Waals surface area (Å²) in [7, 11) is 0. The van der Waals surface area contributed by atoms with Crippen molar-refractivity contribution in [3.8, 4) is 0 Å². The Kier molecular flexibility index (Phi) is 5.48. The van der Waals surface area contributed by atoms with Crippen LogP contribution in [0.4, 0.5) is 22.9 Å². The lowest BCUT2D eigenvalue weighted by Crippen LogP contribution is -2.71. The Bertz CT molecular complexity index is 2840. The zero-order valence-electron chi connectivity index (χ0n) is 30.8. The van der Waals surface area contributed by atoms with Gasteiger partial charge in [0.15, 0.2) is 0 Å². The fraction of sp³-hybridized carbons (Fsp3) is 0.200. The van der Waals surface area contributed by atoms with Crippen LogP contribution in [0.15, 0.2) is 123 Å². The van der Waals surface area contributed by atoms with Crippen LogP contribution in [0, 0.1) is 27.7 Å². The van der Waals surface area contributed by atoms with Crippen molar-refractivity contribution in [1.29, 1.82) is 0 Å². The molecule has 5 aromatic rings. The molecule has 8 heterocycles. The second-order valence-electron chi connectivity index (χ2n) is 15.0. The molecular formula is C45H39N7+2. The molecule has 1 atom stereocenters. The molecule has 0 saturated heterocycles. The zero-order valence-corrected chi connectivity index (χ0v) is 30.8. The van der Waals surface area contributed by atoms with E-state index in [4.69, 9.17) is 9.98 Å². The quantitative estimate of drug-likeness (QED) is 0.178. The Morgan fingerprint density at radius 1 is 0.577 bits per heavy atom. The molecule has 0 unspecified atom stereocenters. The Balaban J connectivity index is 1.24. The maximum Gasteiger partial charge on any atom is 0.441 e. The van der Waals surface area contributed by atoms with Gasteiger partial charge in [-0.15, -0.1) is 9.15 Å². The van der Waals surface area contributed by atoms with Crippen molar-refractivity contribution < 1.29 is 9.15 Å². The van der Waals surface area contributed by atoms with E-state index in [0.29, 0.717) is 0 Å². The van der Waals surface area contributed by atoms with Gasteiger partial charge >= 0.3 is 17.6 Å². The topological polar surface area (TPSA) is 43.8 Å². The molecule has 0 aliphatic carbocycles. The number of para-hydroxylation sites is 2. The first kappa shape index (κ1) is 29.6. The van der Waals surface area contributed by atoms with E-state index < -0.39 is 5.91 Å². The number of aromatic nitrogens is 2. The van der Waals surface area contributed by atoms with E-state index in [9.17, 15) is 0 Å². The number of hydrogen-bond donors (Lipinski definition) is 0. The summed E-state index contributed by atoms with van der Waals surface area (Å²) in [6, 6.07) is 30.4. The molecule has 0 bridgehead atoms. The zero-order chi connectivity index (χ0) is 35.5. The SMILES string of the molecule is CC1=C(C)C2=[N+]3C1=Nc1c(C)c(C)c4n1[C@]31n3c(c(C)c(C)c3=NC3=[N+]1C(=C4c1ccc(N(c4ccccc4)c4ccccc4)cc1)C(C)=C3C)=C2. The third-order valence-corrected chi connectivity index (χ3v) is 12.7. The van der Waals surface area contributed by atoms with Gasteiger partial charge in [-0.3, -0.25) is 0 Å². The van der Waals surface area contributed by atoms with Crippen LogP contribution in [0.5, 0.6) is 0 Å². The van der Waals surface area contributed by atoms with Gasteiger partial charge < -0.3 is 4.90 Å². The molecule has 7 nitrogen and oxygen atoms in total. The van der Waals surface area contributed by atoms with Crippen molar-refractivity contribution in [3.05, 3.63) is 157 Å². The van der Waals surface area contributed by atoms with E-state index in [-0.39, 0.29) is 0 Å². The Hall–Kier alpha value is -6.08. The summed E-state index contributed by atoms with van der Waals surface area (Å²) < 4.78 is 10.1. The molecular weight excluding hydrogens is 639 g/mol. The highest BCUT2D eigenvalue weighted by molar-refractivity contribution is 6.26. The lowest BCUT2D eigenvalue weighted by atomic mass is 9.92. The molecule has 1 spiro atoms. The van der Waals surface area contributed by atoms with Crippen molar-refractivity contribution in [2.75, 3.05) is 4.90 Å². The normalized spacial score (nSPS) is 20.0. The molecule has 0 fully saturated rings. The molecule has 52 heavy (non-hydrogen) atoms. The van der Waals surface area contributed by atoms with Crippen molar-refractivity contribution >= 4 is 51.9 Å². The van der Waals surface area contributed by atoms with E-state index in [1.165, 1.54) is 78.1 Å². The van der Waals surface area contributed by atoms with Crippen molar-refractivity contribution in [3.63, 3.8) is 0 Å². The predicted molar refractivity (Wildman–Crippen MR) is 208 cm³/mol. The number of rotatable bonds is 4. The summed E-state index contributed by atoms with van der Waals surface area (Å²) in [5, 5.41) is 1.22. The molecule has 0 radical (unpaired) electrons. The Morgan fingerprint density at radius 3 is 1.87 bits per heavy atom. The Labute approximate surface area is 302 Å². The highest BCUT2D eigenvalue weighted by Crippen LogP contribution is 2.54. The summed E-state index contributed by atoms with van der Waals surface area (Å²) in [5.74, 6) is 2.29. The van der Waals surface area contributed by atoms with Crippen LogP contribution in [0.1, 0.15) is 61.2 Å². The standard InChI is InChI=1S/C45H39N7/c1-24-28(5)41-46-43-30(7)26(3)39-38(32-19-21-35(22-20-32)48(33-15-11-9-12-16-33)34-17-13-10-14-18-34)40-27(4)31(8)44-47-42-29(6)25(2)37-23-36(24)49(41)45(50(37)42,51(39)43)52(40)44/h9-23H,1-8H3/q+2/t45-/m1/s1. The van der Waals surface area contributed by atoms with Crippen molar-refractivity contribution in [1.82, 2.24) is 9.13 Å². The number of hydrogen-bond acceptors (Lipinski definition) is 3. The van der Waals surface area contributed by atoms with Gasteiger partial charge in [0.1, 0.15) is 11.4 Å². The summed E-state index contributed by atoms with van der Waals surface area (Å²) in [5.41, 5.74) is 20.4. The maximum absolute atomic E-state index is 5.54. The average Bonchev–Trinajstić information content (AvgIpc) is 3.77. The third-order valence-electron chi connectivity index (χ3n) is 12.7. The lowest BCUT2D eigenvalue weighted by Gasteiger charge is -2.42. The summed E-state index contributed by atoms with van der Waals surface area (Å²) in [4.78, 5) is 13.4. The van der Waals surface area contributed by atoms with E-state index in [2.05, 4.69) is 170 Å². The summed E-state index contributed by atoms with van der Waals surface area (Å²) in [6.45, 7) is 18.1. The highest BCUT2D eigenvalue weighted by Gasteiger charge is 2.70. The van der Waals surface area contributed by atoms with Crippen LogP contribution in [-0.2, 0) is 5.91 Å². The number of anilines is 3. The van der Waals surface area contributed by atoms with Crippen LogP contribution in [-0.4, -0.2) is 35.7 Å². The van der Waals surface area contributed by atoms with Gasteiger partial charge in [0.25, 0.3) is 11.3 Å². The fourth-order valence-corrected chi connectivity index (χ4v) is 9.56. The van der Waals surface area contributed by atoms with E-state index in [0.717, 1.165) is 40.0 Å². The molecule has 2 aromatic heterocycles. The van der Waals surface area contributed by atoms with Gasteiger partial charge in [-0.2, -0.15) is 0 Å². The summed E-state index contributed by atoms with van der Waals surface area (Å²) >= 11 is 0. The first-order chi connectivity index (χ1) is 25.2. The lowest BCUT2D eigenvalue weighted by molar-refractivity contribution is -0.814. The minimum absolute atomic E-state index is 0.778. The number of benzene rings is 3. The minimum Gasteiger partial charge on any atom is -0.311 e. The van der Waals surface area contributed by atoms with Gasteiger partial charge in [-0.1, -0.05) is 48.5 Å². The number of allylic oxidation sites excluding steroid dienone is 2. The van der Waals surface area contributed by atoms with Crippen LogP contribution < -0.4 is 15.7 Å². The number of nitrogens with zero attached hydrogens (tertiary/aromatic N) is 7. The highest BCUT2D eigenvalue weighted by atomic mass is 15.7. The minimum atomic E-state index is -0.778. The van der Waals surface area contributed by atoms with Gasteiger partial charge in [0, 0.05) is 45.4 Å². The molecule has 252 valence electrons. The number of amidine groups is 2. The molecule has 6 aliphatic rings. The molecule has 0 saturated carbocycles. The van der Waals surface area contributed by atoms with Crippen LogP contribution in [0.2, 0.25) is 0 Å². The second-order valence-corrected chi connectivity index (χ2v) is 15.0. The van der Waals surface area contributed by atoms with E-state index >= 15 is 0 Å². The first-order valence-corrected chi connectivity index (χ1v) is 18.2. The molecule has 0 amide bonds. The monoisotopic (exact) mass is 677 g/mol. The number of aliphatic imine (C=N–C) groups is 1. The van der Waals surface area contributed by atoms with Crippen LogP contribution in [0.3, 0.4) is 0 Å². The smallest absolute Gasteiger partial charge is 0.311 e. The first-order valence-electron chi connectivity index (χ1n) is 18.2. The molecule has 11 rings (SSSR count). The molecule has 6 aliphatic heterocycles. The molecule has 7 heteroatoms. The predicted octanol–water partition coefficient (Wildman–Crippen LogP) is 7.92. The summed E-state index contributed by atoms with van der Waals surface area (Å²) in [6.07, 6.45) is 2.37. The van der Waals surface area contributed by atoms with Gasteiger partial charge in [-0.05, 0) is 118 Å². The van der Waals surface area contributed by atoms with Gasteiger partial charge in [-0.25, -0.2) is 9.13 Å².